The highest BCUT2D eigenvalue weighted by molar-refractivity contribution is 5.67. The van der Waals surface area contributed by atoms with Gasteiger partial charge in [-0.05, 0) is 18.9 Å². The maximum Gasteiger partial charge on any atom is 0.302 e. The van der Waals surface area contributed by atoms with Crippen molar-refractivity contribution in [3.8, 4) is 12.3 Å². The molecule has 0 spiro atoms. The number of allylic oxidation sites excluding steroid dienone is 1. The molecule has 1 aliphatic rings. The lowest BCUT2D eigenvalue weighted by Gasteiger charge is -2.39. The van der Waals surface area contributed by atoms with E-state index in [1.807, 2.05) is 6.92 Å². The van der Waals surface area contributed by atoms with Gasteiger partial charge in [0, 0.05) is 33.6 Å². The molecule has 1 N–H and O–H groups in total. The summed E-state index contributed by atoms with van der Waals surface area (Å²) in [5.41, 5.74) is 0. The zero-order valence-corrected chi connectivity index (χ0v) is 17.3. The average Bonchev–Trinajstić information content (AvgIpc) is 2.61. The van der Waals surface area contributed by atoms with Gasteiger partial charge >= 0.3 is 17.9 Å². The molecule has 1 aliphatic heterocycles. The van der Waals surface area contributed by atoms with Crippen molar-refractivity contribution in [2.75, 3.05) is 0 Å². The SMILES string of the molecule is C#C/C=C\C[C@H]1OC(C(CC)OC(C)=O)C[C@@H](O)[C@H](OC(C)=O)C[C@H]1OC(C)=O. The van der Waals surface area contributed by atoms with Crippen LogP contribution in [0.1, 0.15) is 53.4 Å². The number of ether oxygens (including phenoxy) is 4. The van der Waals surface area contributed by atoms with Gasteiger partial charge in [-0.1, -0.05) is 18.9 Å². The van der Waals surface area contributed by atoms with Gasteiger partial charge in [0.15, 0.2) is 0 Å². The number of aliphatic hydroxyl groups is 1. The van der Waals surface area contributed by atoms with Crippen molar-refractivity contribution in [2.24, 2.45) is 0 Å². The minimum absolute atomic E-state index is 0.0615. The van der Waals surface area contributed by atoms with Gasteiger partial charge in [-0.3, -0.25) is 14.4 Å². The molecule has 1 heterocycles. The lowest BCUT2D eigenvalue weighted by atomic mass is 9.92. The fourth-order valence-electron chi connectivity index (χ4n) is 3.32. The first-order valence-electron chi connectivity index (χ1n) is 9.64. The van der Waals surface area contributed by atoms with Crippen LogP contribution in [0.3, 0.4) is 0 Å². The summed E-state index contributed by atoms with van der Waals surface area (Å²) in [5.74, 6) is 0.801. The molecule has 8 nitrogen and oxygen atoms in total. The van der Waals surface area contributed by atoms with Crippen molar-refractivity contribution >= 4 is 17.9 Å². The predicted octanol–water partition coefficient (Wildman–Crippen LogP) is 1.68. The first-order chi connectivity index (χ1) is 13.7. The van der Waals surface area contributed by atoms with Gasteiger partial charge in [-0.2, -0.15) is 0 Å². The van der Waals surface area contributed by atoms with Crippen LogP contribution in [0.5, 0.6) is 0 Å². The molecule has 1 saturated heterocycles. The molecule has 0 amide bonds. The number of carbonyl (C=O) groups is 3. The zero-order chi connectivity index (χ0) is 22.0. The Balaban J connectivity index is 3.26. The van der Waals surface area contributed by atoms with Gasteiger partial charge in [-0.15, -0.1) is 6.42 Å². The van der Waals surface area contributed by atoms with Gasteiger partial charge in [0.05, 0.1) is 18.3 Å². The van der Waals surface area contributed by atoms with E-state index >= 15 is 0 Å². The summed E-state index contributed by atoms with van der Waals surface area (Å²) in [6, 6.07) is 0. The molecule has 1 fully saturated rings. The monoisotopic (exact) mass is 410 g/mol. The lowest BCUT2D eigenvalue weighted by Crippen LogP contribution is -2.50. The van der Waals surface area contributed by atoms with Crippen LogP contribution in [0.4, 0.5) is 0 Å². The van der Waals surface area contributed by atoms with Crippen LogP contribution in [0.15, 0.2) is 12.2 Å². The molecule has 1 rings (SSSR count). The zero-order valence-electron chi connectivity index (χ0n) is 17.3. The van der Waals surface area contributed by atoms with E-state index in [0.29, 0.717) is 12.8 Å². The minimum Gasteiger partial charge on any atom is -0.460 e. The molecular weight excluding hydrogens is 380 g/mol. The number of rotatable bonds is 7. The molecular formula is C21H30O8. The third-order valence-corrected chi connectivity index (χ3v) is 4.48. The topological polar surface area (TPSA) is 108 Å². The highest BCUT2D eigenvalue weighted by Crippen LogP contribution is 2.29. The van der Waals surface area contributed by atoms with E-state index < -0.39 is 54.5 Å². The largest absolute Gasteiger partial charge is 0.460 e. The van der Waals surface area contributed by atoms with E-state index in [9.17, 15) is 19.5 Å². The van der Waals surface area contributed by atoms with Crippen LogP contribution in [0.2, 0.25) is 0 Å². The van der Waals surface area contributed by atoms with Crippen molar-refractivity contribution in [2.45, 2.75) is 90.0 Å². The van der Waals surface area contributed by atoms with Gasteiger partial charge in [0.1, 0.15) is 18.3 Å². The predicted molar refractivity (Wildman–Crippen MR) is 103 cm³/mol. The van der Waals surface area contributed by atoms with E-state index in [1.54, 1.807) is 6.08 Å². The average molecular weight is 410 g/mol. The number of hydrogen-bond acceptors (Lipinski definition) is 8. The van der Waals surface area contributed by atoms with Crippen LogP contribution < -0.4 is 0 Å². The summed E-state index contributed by atoms with van der Waals surface area (Å²) >= 11 is 0. The highest BCUT2D eigenvalue weighted by Gasteiger charge is 2.40. The van der Waals surface area contributed by atoms with E-state index in [2.05, 4.69) is 5.92 Å². The molecule has 0 radical (unpaired) electrons. The normalized spacial score (nSPS) is 28.5. The Morgan fingerprint density at radius 2 is 1.76 bits per heavy atom. The Kier molecular flexibility index (Phi) is 10.4. The number of terminal acetylenes is 1. The molecule has 0 bridgehead atoms. The fourth-order valence-corrected chi connectivity index (χ4v) is 3.32. The third-order valence-electron chi connectivity index (χ3n) is 4.48. The van der Waals surface area contributed by atoms with Crippen molar-refractivity contribution < 1.29 is 38.4 Å². The molecule has 0 aromatic heterocycles. The van der Waals surface area contributed by atoms with E-state index in [4.69, 9.17) is 25.4 Å². The highest BCUT2D eigenvalue weighted by atomic mass is 16.6. The first-order valence-corrected chi connectivity index (χ1v) is 9.64. The molecule has 162 valence electrons. The summed E-state index contributed by atoms with van der Waals surface area (Å²) in [6.07, 6.45) is 4.60. The third kappa shape index (κ3) is 8.67. The number of aliphatic hydroxyl groups excluding tert-OH is 1. The van der Waals surface area contributed by atoms with Crippen LogP contribution >= 0.6 is 0 Å². The Morgan fingerprint density at radius 1 is 1.14 bits per heavy atom. The van der Waals surface area contributed by atoms with E-state index in [0.717, 1.165) is 0 Å². The Labute approximate surface area is 171 Å². The quantitative estimate of drug-likeness (QED) is 0.384. The molecule has 0 aromatic rings. The van der Waals surface area contributed by atoms with Crippen LogP contribution in [-0.4, -0.2) is 59.6 Å². The van der Waals surface area contributed by atoms with Gasteiger partial charge < -0.3 is 24.1 Å². The molecule has 0 saturated carbocycles. The first kappa shape index (κ1) is 24.7. The second kappa shape index (κ2) is 12.2. The number of carbonyl (C=O) groups excluding carboxylic acids is 3. The van der Waals surface area contributed by atoms with Gasteiger partial charge in [0.2, 0.25) is 0 Å². The molecule has 2 unspecified atom stereocenters. The molecule has 6 atom stereocenters. The summed E-state index contributed by atoms with van der Waals surface area (Å²) in [6.45, 7) is 5.61. The van der Waals surface area contributed by atoms with Gasteiger partial charge in [0.25, 0.3) is 0 Å². The van der Waals surface area contributed by atoms with Crippen LogP contribution in [0.25, 0.3) is 0 Å². The van der Waals surface area contributed by atoms with Crippen LogP contribution in [-0.2, 0) is 33.3 Å². The molecule has 29 heavy (non-hydrogen) atoms. The smallest absolute Gasteiger partial charge is 0.302 e. The summed E-state index contributed by atoms with van der Waals surface area (Å²) < 4.78 is 22.2. The maximum absolute atomic E-state index is 11.6. The summed E-state index contributed by atoms with van der Waals surface area (Å²) in [5, 5.41) is 10.6. The maximum atomic E-state index is 11.6. The Hall–Kier alpha value is -2.37. The standard InChI is InChI=1S/C21H30O8/c1-6-8-9-10-18-21(28-15(5)24)12-19(27-14(4)23)16(25)11-20(29-18)17(7-2)26-13(3)22/h1,8-9,16-21,25H,7,10-12H2,2-5H3/b9-8-/t16-,17?,18-,19-,20?,21-/m1/s1. The Morgan fingerprint density at radius 3 is 2.28 bits per heavy atom. The fraction of sp³-hybridized carbons (Fsp3) is 0.667. The molecule has 0 aromatic carbocycles. The van der Waals surface area contributed by atoms with Crippen molar-refractivity contribution in [3.63, 3.8) is 0 Å². The second-order valence-corrected chi connectivity index (χ2v) is 6.91. The van der Waals surface area contributed by atoms with Crippen molar-refractivity contribution in [3.05, 3.63) is 12.2 Å². The summed E-state index contributed by atoms with van der Waals surface area (Å²) in [7, 11) is 0. The van der Waals surface area contributed by atoms with Gasteiger partial charge in [-0.25, -0.2) is 0 Å². The number of hydrogen-bond donors (Lipinski definition) is 1. The minimum atomic E-state index is -1.09. The number of esters is 3. The van der Waals surface area contributed by atoms with Crippen molar-refractivity contribution in [1.82, 2.24) is 0 Å². The summed E-state index contributed by atoms with van der Waals surface area (Å²) in [4.78, 5) is 34.7. The van der Waals surface area contributed by atoms with Crippen LogP contribution in [0, 0.1) is 12.3 Å². The van der Waals surface area contributed by atoms with E-state index in [-0.39, 0.29) is 12.8 Å². The molecule has 0 aliphatic carbocycles. The molecule has 8 heteroatoms. The van der Waals surface area contributed by atoms with E-state index in [1.165, 1.54) is 26.8 Å². The van der Waals surface area contributed by atoms with Crippen molar-refractivity contribution in [1.29, 1.82) is 0 Å². The second-order valence-electron chi connectivity index (χ2n) is 6.91. The Bertz CT molecular complexity index is 635. The lowest BCUT2D eigenvalue weighted by molar-refractivity contribution is -0.196.